The minimum absolute atomic E-state index is 0.176. The molecule has 0 aromatic heterocycles. The molecule has 5 heteroatoms. The van der Waals surface area contributed by atoms with Gasteiger partial charge in [-0.2, -0.15) is 0 Å². The van der Waals surface area contributed by atoms with Gasteiger partial charge in [0.1, 0.15) is 0 Å². The number of carbonyl (C=O) groups excluding carboxylic acids is 1. The van der Waals surface area contributed by atoms with Crippen LogP contribution in [0.1, 0.15) is 32.3 Å². The molecule has 1 atom stereocenters. The minimum Gasteiger partial charge on any atom is -0.493 e. The van der Waals surface area contributed by atoms with Gasteiger partial charge in [0.15, 0.2) is 11.5 Å². The van der Waals surface area contributed by atoms with Gasteiger partial charge in [0.05, 0.1) is 19.6 Å². The smallest absolute Gasteiger partial charge is 0.232 e. The van der Waals surface area contributed by atoms with Gasteiger partial charge in [0, 0.05) is 13.1 Å². The molecule has 134 valence electrons. The monoisotopic (exact) mass is 334 g/mol. The van der Waals surface area contributed by atoms with E-state index in [4.69, 9.17) is 9.47 Å². The van der Waals surface area contributed by atoms with Crippen LogP contribution in [-0.2, 0) is 10.2 Å². The Kier molecular flexibility index (Phi) is 6.10. The number of methoxy groups -OCH3 is 2. The van der Waals surface area contributed by atoms with Crippen molar-refractivity contribution >= 4 is 5.91 Å². The predicted molar refractivity (Wildman–Crippen MR) is 95.8 cm³/mol. The van der Waals surface area contributed by atoms with Crippen LogP contribution < -0.4 is 14.8 Å². The van der Waals surface area contributed by atoms with Gasteiger partial charge in [0.25, 0.3) is 0 Å². The third kappa shape index (κ3) is 3.83. The van der Waals surface area contributed by atoms with Gasteiger partial charge in [-0.3, -0.25) is 4.79 Å². The van der Waals surface area contributed by atoms with Gasteiger partial charge >= 0.3 is 0 Å². The van der Waals surface area contributed by atoms with E-state index in [2.05, 4.69) is 5.32 Å². The summed E-state index contributed by atoms with van der Waals surface area (Å²) in [4.78, 5) is 15.2. The highest BCUT2D eigenvalue weighted by atomic mass is 16.5. The maximum atomic E-state index is 13.2. The van der Waals surface area contributed by atoms with Crippen LogP contribution in [0.2, 0.25) is 0 Å². The van der Waals surface area contributed by atoms with Crippen LogP contribution in [0.4, 0.5) is 0 Å². The molecule has 1 saturated heterocycles. The van der Waals surface area contributed by atoms with Gasteiger partial charge in [-0.15, -0.1) is 0 Å². The third-order valence-corrected chi connectivity index (χ3v) is 4.94. The summed E-state index contributed by atoms with van der Waals surface area (Å²) in [6, 6.07) is 5.73. The van der Waals surface area contributed by atoms with Gasteiger partial charge in [0.2, 0.25) is 5.91 Å². The molecular formula is C19H30N2O3. The molecule has 0 saturated carbocycles. The van der Waals surface area contributed by atoms with Crippen molar-refractivity contribution in [1.29, 1.82) is 0 Å². The number of nitrogens with zero attached hydrogens (tertiary/aromatic N) is 1. The summed E-state index contributed by atoms with van der Waals surface area (Å²) in [7, 11) is 5.20. The van der Waals surface area contributed by atoms with Crippen LogP contribution in [0.3, 0.4) is 0 Å². The molecule has 1 aliphatic rings. The lowest BCUT2D eigenvalue weighted by molar-refractivity contribution is -0.138. The van der Waals surface area contributed by atoms with E-state index in [9.17, 15) is 4.79 Å². The first-order valence-corrected chi connectivity index (χ1v) is 8.60. The highest BCUT2D eigenvalue weighted by Gasteiger charge is 2.36. The van der Waals surface area contributed by atoms with Gasteiger partial charge in [-0.25, -0.2) is 0 Å². The number of likely N-dealkylation sites (tertiary alicyclic amines) is 1. The number of amides is 1. The first kappa shape index (κ1) is 18.6. The van der Waals surface area contributed by atoms with Crippen LogP contribution in [0.25, 0.3) is 0 Å². The lowest BCUT2D eigenvalue weighted by atomic mass is 9.82. The zero-order valence-corrected chi connectivity index (χ0v) is 15.5. The summed E-state index contributed by atoms with van der Waals surface area (Å²) in [6.07, 6.45) is 2.25. The number of benzene rings is 1. The average molecular weight is 334 g/mol. The quantitative estimate of drug-likeness (QED) is 0.868. The number of rotatable bonds is 6. The molecule has 5 nitrogen and oxygen atoms in total. The molecule has 0 radical (unpaired) electrons. The van der Waals surface area contributed by atoms with Crippen molar-refractivity contribution in [2.24, 2.45) is 5.92 Å². The van der Waals surface area contributed by atoms with Crippen molar-refractivity contribution in [3.05, 3.63) is 23.8 Å². The lowest BCUT2D eigenvalue weighted by Crippen LogP contribution is -2.49. The summed E-state index contributed by atoms with van der Waals surface area (Å²) in [5.74, 6) is 2.04. The van der Waals surface area contributed by atoms with E-state index in [1.165, 1.54) is 6.42 Å². The van der Waals surface area contributed by atoms with E-state index < -0.39 is 5.41 Å². The Labute approximate surface area is 145 Å². The van der Waals surface area contributed by atoms with Crippen molar-refractivity contribution in [3.63, 3.8) is 0 Å². The SMILES string of the molecule is CNCC1CCCN(C(=O)C(C)(C)c2ccc(OC)c(OC)c2)C1. The fourth-order valence-electron chi connectivity index (χ4n) is 3.45. The molecule has 0 aliphatic carbocycles. The summed E-state index contributed by atoms with van der Waals surface area (Å²) < 4.78 is 10.7. The van der Waals surface area contributed by atoms with Crippen molar-refractivity contribution in [1.82, 2.24) is 10.2 Å². The molecule has 24 heavy (non-hydrogen) atoms. The third-order valence-electron chi connectivity index (χ3n) is 4.94. The lowest BCUT2D eigenvalue weighted by Gasteiger charge is -2.38. The molecule has 1 N–H and O–H groups in total. The van der Waals surface area contributed by atoms with Crippen molar-refractivity contribution in [2.75, 3.05) is 40.9 Å². The molecule has 0 bridgehead atoms. The summed E-state index contributed by atoms with van der Waals surface area (Å²) in [6.45, 7) is 6.60. The first-order chi connectivity index (χ1) is 11.4. The van der Waals surface area contributed by atoms with Crippen LogP contribution in [0, 0.1) is 5.92 Å². The second-order valence-corrected chi connectivity index (χ2v) is 7.01. The van der Waals surface area contributed by atoms with E-state index in [1.807, 2.05) is 44.0 Å². The zero-order valence-electron chi connectivity index (χ0n) is 15.5. The van der Waals surface area contributed by atoms with E-state index in [0.717, 1.165) is 31.6 Å². The molecule has 1 amide bonds. The Morgan fingerprint density at radius 3 is 2.62 bits per heavy atom. The number of piperidine rings is 1. The molecule has 1 aliphatic heterocycles. The molecule has 1 heterocycles. The number of nitrogens with one attached hydrogen (secondary N) is 1. The Morgan fingerprint density at radius 1 is 1.29 bits per heavy atom. The van der Waals surface area contributed by atoms with E-state index >= 15 is 0 Å². The molecular weight excluding hydrogens is 304 g/mol. The Balaban J connectivity index is 2.20. The fraction of sp³-hybridized carbons (Fsp3) is 0.632. The summed E-state index contributed by atoms with van der Waals surface area (Å²) in [5.41, 5.74) is 0.349. The highest BCUT2D eigenvalue weighted by Crippen LogP contribution is 2.35. The van der Waals surface area contributed by atoms with Crippen molar-refractivity contribution < 1.29 is 14.3 Å². The molecule has 0 spiro atoms. The van der Waals surface area contributed by atoms with Crippen LogP contribution >= 0.6 is 0 Å². The second kappa shape index (κ2) is 7.88. The normalized spacial score (nSPS) is 18.4. The summed E-state index contributed by atoms with van der Waals surface area (Å²) >= 11 is 0. The Bertz CT molecular complexity index is 570. The maximum absolute atomic E-state index is 13.2. The van der Waals surface area contributed by atoms with Gasteiger partial charge < -0.3 is 19.7 Å². The molecule has 1 aromatic carbocycles. The molecule has 1 fully saturated rings. The largest absolute Gasteiger partial charge is 0.493 e. The van der Waals surface area contributed by atoms with Gasteiger partial charge in [-0.1, -0.05) is 6.07 Å². The minimum atomic E-state index is -0.596. The number of ether oxygens (including phenoxy) is 2. The predicted octanol–water partition coefficient (Wildman–Crippen LogP) is 2.44. The van der Waals surface area contributed by atoms with E-state index in [0.29, 0.717) is 17.4 Å². The Morgan fingerprint density at radius 2 is 2.00 bits per heavy atom. The van der Waals surface area contributed by atoms with E-state index in [1.54, 1.807) is 14.2 Å². The van der Waals surface area contributed by atoms with Crippen LogP contribution in [0.5, 0.6) is 11.5 Å². The second-order valence-electron chi connectivity index (χ2n) is 7.01. The standard InChI is InChI=1S/C19H30N2O3/c1-19(2,15-8-9-16(23-4)17(11-15)24-5)18(22)21-10-6-7-14(13-21)12-20-3/h8-9,11,14,20H,6-7,10,12-13H2,1-5H3. The van der Waals surface area contributed by atoms with Crippen LogP contribution in [-0.4, -0.2) is 51.7 Å². The fourth-order valence-corrected chi connectivity index (χ4v) is 3.45. The highest BCUT2D eigenvalue weighted by molar-refractivity contribution is 5.87. The average Bonchev–Trinajstić information content (AvgIpc) is 2.60. The van der Waals surface area contributed by atoms with Crippen molar-refractivity contribution in [2.45, 2.75) is 32.1 Å². The van der Waals surface area contributed by atoms with Crippen molar-refractivity contribution in [3.8, 4) is 11.5 Å². The zero-order chi connectivity index (χ0) is 17.7. The Hall–Kier alpha value is -1.75. The number of hydrogen-bond acceptors (Lipinski definition) is 4. The molecule has 1 aromatic rings. The first-order valence-electron chi connectivity index (χ1n) is 8.60. The molecule has 1 unspecified atom stereocenters. The van der Waals surface area contributed by atoms with Gasteiger partial charge in [-0.05, 0) is 63.9 Å². The topological polar surface area (TPSA) is 50.8 Å². The van der Waals surface area contributed by atoms with Crippen LogP contribution in [0.15, 0.2) is 18.2 Å². The van der Waals surface area contributed by atoms with E-state index in [-0.39, 0.29) is 5.91 Å². The number of hydrogen-bond donors (Lipinski definition) is 1. The molecule has 2 rings (SSSR count). The number of carbonyl (C=O) groups is 1. The maximum Gasteiger partial charge on any atom is 0.232 e. The summed E-state index contributed by atoms with van der Waals surface area (Å²) in [5, 5.41) is 3.23.